The van der Waals surface area contributed by atoms with E-state index in [0.717, 1.165) is 24.2 Å². The van der Waals surface area contributed by atoms with Crippen molar-refractivity contribution in [1.82, 2.24) is 10.6 Å². The normalized spacial score (nSPS) is 11.5. The van der Waals surface area contributed by atoms with E-state index in [1.54, 1.807) is 19.2 Å². The fraction of sp³-hybridized carbons (Fsp3) is 0.300. The van der Waals surface area contributed by atoms with Gasteiger partial charge in [0.15, 0.2) is 5.11 Å². The van der Waals surface area contributed by atoms with Crippen LogP contribution in [0.4, 0.5) is 5.69 Å². The highest BCUT2D eigenvalue weighted by Crippen LogP contribution is 2.18. The average Bonchev–Trinajstić information content (AvgIpc) is 2.66. The number of carbonyl (C=O) groups excluding carboxylic acids is 1. The Morgan fingerprint density at radius 1 is 1.15 bits per heavy atom. The molecule has 0 aliphatic heterocycles. The third-order valence-electron chi connectivity index (χ3n) is 3.84. The molecule has 0 fully saturated rings. The number of hydrogen-bond acceptors (Lipinski definition) is 3. The van der Waals surface area contributed by atoms with Crippen molar-refractivity contribution < 1.29 is 9.53 Å². The van der Waals surface area contributed by atoms with E-state index in [4.69, 9.17) is 17.0 Å². The zero-order valence-corrected chi connectivity index (χ0v) is 15.9. The Morgan fingerprint density at radius 2 is 1.92 bits per heavy atom. The summed E-state index contributed by atoms with van der Waals surface area (Å²) in [4.78, 5) is 12.3. The lowest BCUT2D eigenvalue weighted by Gasteiger charge is -2.18. The van der Waals surface area contributed by atoms with Crippen LogP contribution in [0, 0.1) is 0 Å². The summed E-state index contributed by atoms with van der Waals surface area (Å²) in [6, 6.07) is 16.9. The minimum absolute atomic E-state index is 0.0194. The van der Waals surface area contributed by atoms with E-state index >= 15 is 0 Å². The zero-order valence-electron chi connectivity index (χ0n) is 15.1. The van der Waals surface area contributed by atoms with Gasteiger partial charge >= 0.3 is 0 Å². The molecule has 0 radical (unpaired) electrons. The number of thiocarbonyl (C=S) groups is 1. The number of rotatable bonds is 8. The van der Waals surface area contributed by atoms with Gasteiger partial charge in [0.2, 0.25) is 0 Å². The van der Waals surface area contributed by atoms with Crippen LogP contribution in [0.15, 0.2) is 54.6 Å². The first-order chi connectivity index (χ1) is 12.6. The highest BCUT2D eigenvalue weighted by molar-refractivity contribution is 7.80. The standard InChI is InChI=1S/C20H25N3O2S/c1-15(22-20(26)21-12-7-13-25-2)17-10-6-11-18(14-17)23-19(24)16-8-4-3-5-9-16/h3-6,8-11,14-15H,7,12-13H2,1-2H3,(H,23,24)(H2,21,22,26). The maximum absolute atomic E-state index is 12.3. The summed E-state index contributed by atoms with van der Waals surface area (Å²) in [5.41, 5.74) is 2.42. The van der Waals surface area contributed by atoms with Crippen LogP contribution in [0.3, 0.4) is 0 Å². The van der Waals surface area contributed by atoms with Crippen molar-refractivity contribution in [2.45, 2.75) is 19.4 Å². The number of benzene rings is 2. The summed E-state index contributed by atoms with van der Waals surface area (Å²) < 4.78 is 5.01. The van der Waals surface area contributed by atoms with E-state index < -0.39 is 0 Å². The maximum atomic E-state index is 12.3. The van der Waals surface area contributed by atoms with Crippen molar-refractivity contribution in [3.8, 4) is 0 Å². The van der Waals surface area contributed by atoms with Gasteiger partial charge in [-0.25, -0.2) is 0 Å². The number of hydrogen-bond donors (Lipinski definition) is 3. The topological polar surface area (TPSA) is 62.4 Å². The van der Waals surface area contributed by atoms with E-state index in [9.17, 15) is 4.79 Å². The van der Waals surface area contributed by atoms with Crippen LogP contribution in [0.5, 0.6) is 0 Å². The number of nitrogens with one attached hydrogen (secondary N) is 3. The number of methoxy groups -OCH3 is 1. The first-order valence-electron chi connectivity index (χ1n) is 8.60. The van der Waals surface area contributed by atoms with Crippen molar-refractivity contribution in [3.63, 3.8) is 0 Å². The van der Waals surface area contributed by atoms with Crippen molar-refractivity contribution in [2.75, 3.05) is 25.6 Å². The molecule has 0 spiro atoms. The number of ether oxygens (including phenoxy) is 1. The number of amides is 1. The highest BCUT2D eigenvalue weighted by Gasteiger charge is 2.09. The Bertz CT molecular complexity index is 722. The second-order valence-electron chi connectivity index (χ2n) is 5.91. The molecule has 0 heterocycles. The van der Waals surface area contributed by atoms with Crippen LogP contribution in [0.25, 0.3) is 0 Å². The van der Waals surface area contributed by atoms with Crippen molar-refractivity contribution in [1.29, 1.82) is 0 Å². The molecular formula is C20H25N3O2S. The van der Waals surface area contributed by atoms with Crippen LogP contribution < -0.4 is 16.0 Å². The second kappa shape index (κ2) is 10.5. The molecule has 0 aliphatic rings. The molecule has 2 aromatic carbocycles. The Morgan fingerprint density at radius 3 is 2.65 bits per heavy atom. The molecule has 138 valence electrons. The molecule has 0 aliphatic carbocycles. The molecule has 1 atom stereocenters. The van der Waals surface area contributed by atoms with E-state index in [1.165, 1.54) is 0 Å². The van der Waals surface area contributed by atoms with E-state index in [2.05, 4.69) is 16.0 Å². The molecule has 2 rings (SSSR count). The van der Waals surface area contributed by atoms with Crippen molar-refractivity contribution in [2.24, 2.45) is 0 Å². The second-order valence-corrected chi connectivity index (χ2v) is 6.32. The predicted molar refractivity (Wildman–Crippen MR) is 109 cm³/mol. The fourth-order valence-electron chi connectivity index (χ4n) is 2.43. The molecule has 0 saturated heterocycles. The van der Waals surface area contributed by atoms with Gasteiger partial charge in [-0.15, -0.1) is 0 Å². The third-order valence-corrected chi connectivity index (χ3v) is 4.10. The Labute approximate surface area is 160 Å². The average molecular weight is 372 g/mol. The third kappa shape index (κ3) is 6.46. The molecule has 2 aromatic rings. The van der Waals surface area contributed by atoms with Gasteiger partial charge in [0, 0.05) is 31.5 Å². The van der Waals surface area contributed by atoms with E-state index in [-0.39, 0.29) is 11.9 Å². The molecule has 6 heteroatoms. The SMILES string of the molecule is COCCCNC(=S)NC(C)c1cccc(NC(=O)c2ccccc2)c1. The summed E-state index contributed by atoms with van der Waals surface area (Å²) >= 11 is 5.31. The summed E-state index contributed by atoms with van der Waals surface area (Å²) in [6.07, 6.45) is 0.897. The molecule has 1 amide bonds. The minimum Gasteiger partial charge on any atom is -0.385 e. The van der Waals surface area contributed by atoms with Crippen LogP contribution in [0.1, 0.15) is 35.3 Å². The molecular weight excluding hydrogens is 346 g/mol. The molecule has 26 heavy (non-hydrogen) atoms. The number of anilines is 1. The molecule has 5 nitrogen and oxygen atoms in total. The lowest BCUT2D eigenvalue weighted by Crippen LogP contribution is -2.37. The van der Waals surface area contributed by atoms with Crippen LogP contribution >= 0.6 is 12.2 Å². The maximum Gasteiger partial charge on any atom is 0.255 e. The van der Waals surface area contributed by atoms with Gasteiger partial charge in [-0.3, -0.25) is 4.79 Å². The molecule has 3 N–H and O–H groups in total. The summed E-state index contributed by atoms with van der Waals surface area (Å²) in [5, 5.41) is 9.94. The fourth-order valence-corrected chi connectivity index (χ4v) is 2.71. The van der Waals surface area contributed by atoms with Gasteiger partial charge in [0.25, 0.3) is 5.91 Å². The Hall–Kier alpha value is -2.44. The lowest BCUT2D eigenvalue weighted by atomic mass is 10.1. The van der Waals surface area contributed by atoms with E-state index in [1.807, 2.05) is 49.4 Å². The Balaban J connectivity index is 1.91. The van der Waals surface area contributed by atoms with Gasteiger partial charge < -0.3 is 20.7 Å². The van der Waals surface area contributed by atoms with Gasteiger partial charge in [0.05, 0.1) is 6.04 Å². The van der Waals surface area contributed by atoms with Crippen molar-refractivity contribution >= 4 is 28.9 Å². The first-order valence-corrected chi connectivity index (χ1v) is 9.00. The minimum atomic E-state index is -0.126. The first kappa shape index (κ1) is 19.9. The van der Waals surface area contributed by atoms with Crippen molar-refractivity contribution in [3.05, 3.63) is 65.7 Å². The lowest BCUT2D eigenvalue weighted by molar-refractivity contribution is 0.102. The Kier molecular flexibility index (Phi) is 8.05. The van der Waals surface area contributed by atoms with E-state index in [0.29, 0.717) is 17.3 Å². The van der Waals surface area contributed by atoms with Gasteiger partial charge in [-0.05, 0) is 55.4 Å². The largest absolute Gasteiger partial charge is 0.385 e. The van der Waals surface area contributed by atoms with Crippen LogP contribution in [-0.4, -0.2) is 31.3 Å². The monoisotopic (exact) mass is 371 g/mol. The van der Waals surface area contributed by atoms with Gasteiger partial charge in [0.1, 0.15) is 0 Å². The summed E-state index contributed by atoms with van der Waals surface area (Å²) in [7, 11) is 1.68. The molecule has 0 bridgehead atoms. The van der Waals surface area contributed by atoms with Crippen LogP contribution in [0.2, 0.25) is 0 Å². The highest BCUT2D eigenvalue weighted by atomic mass is 32.1. The quantitative estimate of drug-likeness (QED) is 0.490. The zero-order chi connectivity index (χ0) is 18.8. The van der Waals surface area contributed by atoms with Crippen LogP contribution in [-0.2, 0) is 4.74 Å². The van der Waals surface area contributed by atoms with Gasteiger partial charge in [-0.2, -0.15) is 0 Å². The predicted octanol–water partition coefficient (Wildman–Crippen LogP) is 3.50. The smallest absolute Gasteiger partial charge is 0.255 e. The summed E-state index contributed by atoms with van der Waals surface area (Å²) in [6.45, 7) is 3.50. The van der Waals surface area contributed by atoms with Gasteiger partial charge in [-0.1, -0.05) is 30.3 Å². The summed E-state index contributed by atoms with van der Waals surface area (Å²) in [5.74, 6) is -0.126. The molecule has 0 aromatic heterocycles. The number of carbonyl (C=O) groups is 1. The molecule has 0 saturated carbocycles. The molecule has 1 unspecified atom stereocenters.